The van der Waals surface area contributed by atoms with Crippen LogP contribution in [0, 0.1) is 11.3 Å². The second kappa shape index (κ2) is 7.64. The number of nitriles is 1. The third-order valence-corrected chi connectivity index (χ3v) is 5.62. The van der Waals surface area contributed by atoms with E-state index >= 15 is 0 Å². The second-order valence-electron chi connectivity index (χ2n) is 7.41. The van der Waals surface area contributed by atoms with E-state index in [1.165, 1.54) is 0 Å². The lowest BCUT2D eigenvalue weighted by Crippen LogP contribution is -2.26. The Balaban J connectivity index is 1.67. The predicted octanol–water partition coefficient (Wildman–Crippen LogP) is 4.69. The Kier molecular flexibility index (Phi) is 4.65. The quantitative estimate of drug-likeness (QED) is 0.481. The van der Waals surface area contributed by atoms with Gasteiger partial charge in [0.1, 0.15) is 23.0 Å². The number of benzene rings is 3. The van der Waals surface area contributed by atoms with Crippen LogP contribution >= 0.6 is 0 Å². The van der Waals surface area contributed by atoms with Gasteiger partial charge in [-0.05, 0) is 41.0 Å². The summed E-state index contributed by atoms with van der Waals surface area (Å²) in [6, 6.07) is 24.6. The van der Waals surface area contributed by atoms with E-state index in [1.807, 2.05) is 54.6 Å². The first kappa shape index (κ1) is 19.5. The molecule has 0 amide bonds. The zero-order chi connectivity index (χ0) is 22.2. The van der Waals surface area contributed by atoms with Crippen molar-refractivity contribution < 1.29 is 13.9 Å². The van der Waals surface area contributed by atoms with E-state index in [9.17, 15) is 10.1 Å². The molecular weight excluding hydrogens is 404 g/mol. The first-order chi connectivity index (χ1) is 15.6. The van der Waals surface area contributed by atoms with Crippen molar-refractivity contribution in [2.24, 2.45) is 5.73 Å². The van der Waals surface area contributed by atoms with Crippen LogP contribution in [-0.2, 0) is 0 Å². The molecule has 0 aliphatic carbocycles. The van der Waals surface area contributed by atoms with Gasteiger partial charge in [0.25, 0.3) is 0 Å². The minimum Gasteiger partial charge on any atom is -0.497 e. The Bertz CT molecular complexity index is 1480. The molecule has 4 aromatic rings. The number of hydrogen-bond acceptors (Lipinski definition) is 6. The summed E-state index contributed by atoms with van der Waals surface area (Å²) in [5.74, 6) is 0.383. The number of allylic oxidation sites excluding steroid dienone is 1. The van der Waals surface area contributed by atoms with Gasteiger partial charge in [-0.25, -0.2) is 4.79 Å². The molecule has 0 spiro atoms. The van der Waals surface area contributed by atoms with Crippen LogP contribution in [0.25, 0.3) is 22.1 Å². The van der Waals surface area contributed by atoms with E-state index in [1.54, 1.807) is 25.3 Å². The first-order valence-electron chi connectivity index (χ1n) is 9.98. The molecule has 0 radical (unpaired) electrons. The Morgan fingerprint density at radius 3 is 2.53 bits per heavy atom. The number of nitrogens with zero attached hydrogens (tertiary/aromatic N) is 1. The Hall–Kier alpha value is -4.50. The normalized spacial score (nSPS) is 15.1. The van der Waals surface area contributed by atoms with E-state index in [2.05, 4.69) is 6.07 Å². The number of ether oxygens (including phenoxy) is 2. The molecule has 1 unspecified atom stereocenters. The van der Waals surface area contributed by atoms with Crippen molar-refractivity contribution in [3.05, 3.63) is 106 Å². The monoisotopic (exact) mass is 422 g/mol. The smallest absolute Gasteiger partial charge is 0.344 e. The molecule has 156 valence electrons. The van der Waals surface area contributed by atoms with Crippen LogP contribution < -0.4 is 20.8 Å². The predicted molar refractivity (Wildman–Crippen MR) is 120 cm³/mol. The molecule has 5 rings (SSSR count). The number of para-hydroxylation sites is 1. The van der Waals surface area contributed by atoms with Crippen molar-refractivity contribution >= 4 is 11.0 Å². The van der Waals surface area contributed by atoms with Crippen molar-refractivity contribution in [2.75, 3.05) is 7.11 Å². The molecule has 0 bridgehead atoms. The standard InChI is InChI=1S/C26H18N2O4/c1-30-18-6-4-5-17(13-18)15-9-11-16(12-10-15)22-20(14-27)25(28)32-24-19-7-2-3-8-21(19)31-26(29)23(22)24/h2-13,22H,28H2,1H3. The highest BCUT2D eigenvalue weighted by Gasteiger charge is 2.35. The summed E-state index contributed by atoms with van der Waals surface area (Å²) in [5.41, 5.74) is 9.10. The van der Waals surface area contributed by atoms with Crippen LogP contribution in [0.3, 0.4) is 0 Å². The number of fused-ring (bicyclic) bond motifs is 3. The van der Waals surface area contributed by atoms with E-state index in [-0.39, 0.29) is 17.0 Å². The highest BCUT2D eigenvalue weighted by molar-refractivity contribution is 5.86. The minimum absolute atomic E-state index is 0.0161. The van der Waals surface area contributed by atoms with Crippen LogP contribution in [0.4, 0.5) is 0 Å². The van der Waals surface area contributed by atoms with Gasteiger partial charge in [-0.1, -0.05) is 48.5 Å². The number of hydrogen-bond donors (Lipinski definition) is 1. The second-order valence-corrected chi connectivity index (χ2v) is 7.41. The summed E-state index contributed by atoms with van der Waals surface area (Å²) in [6.07, 6.45) is 0. The van der Waals surface area contributed by atoms with Gasteiger partial charge < -0.3 is 19.6 Å². The van der Waals surface area contributed by atoms with Crippen LogP contribution in [0.2, 0.25) is 0 Å². The van der Waals surface area contributed by atoms with Crippen LogP contribution in [-0.4, -0.2) is 7.11 Å². The highest BCUT2D eigenvalue weighted by Crippen LogP contribution is 2.43. The largest absolute Gasteiger partial charge is 0.497 e. The fourth-order valence-electron chi connectivity index (χ4n) is 4.07. The fourth-order valence-corrected chi connectivity index (χ4v) is 4.07. The van der Waals surface area contributed by atoms with Gasteiger partial charge in [-0.15, -0.1) is 0 Å². The van der Waals surface area contributed by atoms with Gasteiger partial charge in [-0.3, -0.25) is 0 Å². The van der Waals surface area contributed by atoms with Gasteiger partial charge in [0.05, 0.1) is 24.0 Å². The van der Waals surface area contributed by atoms with Crippen molar-refractivity contribution in [3.8, 4) is 28.7 Å². The zero-order valence-corrected chi connectivity index (χ0v) is 17.2. The Morgan fingerprint density at radius 1 is 1.00 bits per heavy atom. The molecule has 1 aliphatic heterocycles. The van der Waals surface area contributed by atoms with Crippen LogP contribution in [0.5, 0.6) is 11.5 Å². The van der Waals surface area contributed by atoms with E-state index in [4.69, 9.17) is 19.6 Å². The third kappa shape index (κ3) is 3.08. The fraction of sp³-hybridized carbons (Fsp3) is 0.0769. The number of rotatable bonds is 3. The molecule has 2 N–H and O–H groups in total. The Labute approximate surface area is 183 Å². The molecule has 0 fully saturated rings. The zero-order valence-electron chi connectivity index (χ0n) is 17.2. The molecule has 1 aromatic heterocycles. The van der Waals surface area contributed by atoms with Gasteiger partial charge in [0.2, 0.25) is 5.88 Å². The lowest BCUT2D eigenvalue weighted by molar-refractivity contribution is 0.388. The van der Waals surface area contributed by atoms with Gasteiger partial charge in [0.15, 0.2) is 5.75 Å². The SMILES string of the molecule is COc1cccc(-c2ccc(C3C(C#N)=C(N)Oc4c3c(=O)oc3ccccc43)cc2)c1. The molecule has 0 saturated carbocycles. The number of nitrogens with two attached hydrogens (primary N) is 1. The van der Waals surface area contributed by atoms with Gasteiger partial charge in [-0.2, -0.15) is 5.26 Å². The molecule has 3 aromatic carbocycles. The van der Waals surface area contributed by atoms with E-state index in [0.29, 0.717) is 16.7 Å². The topological polar surface area (TPSA) is 98.5 Å². The Morgan fingerprint density at radius 2 is 1.78 bits per heavy atom. The van der Waals surface area contributed by atoms with Crippen molar-refractivity contribution in [2.45, 2.75) is 5.92 Å². The molecule has 1 atom stereocenters. The average Bonchev–Trinajstić information content (AvgIpc) is 2.83. The number of methoxy groups -OCH3 is 1. The average molecular weight is 422 g/mol. The molecule has 6 nitrogen and oxygen atoms in total. The maximum atomic E-state index is 13.0. The van der Waals surface area contributed by atoms with Gasteiger partial charge in [0, 0.05) is 0 Å². The molecular formula is C26H18N2O4. The maximum absolute atomic E-state index is 13.0. The van der Waals surface area contributed by atoms with Crippen molar-refractivity contribution in [1.29, 1.82) is 5.26 Å². The van der Waals surface area contributed by atoms with Crippen molar-refractivity contribution in [1.82, 2.24) is 0 Å². The molecule has 6 heteroatoms. The van der Waals surface area contributed by atoms with E-state index < -0.39 is 11.5 Å². The van der Waals surface area contributed by atoms with Crippen molar-refractivity contribution in [3.63, 3.8) is 0 Å². The lowest BCUT2D eigenvalue weighted by Gasteiger charge is -2.26. The van der Waals surface area contributed by atoms with Crippen LogP contribution in [0.15, 0.2) is 93.5 Å². The van der Waals surface area contributed by atoms with Gasteiger partial charge >= 0.3 is 5.63 Å². The summed E-state index contributed by atoms with van der Waals surface area (Å²) >= 11 is 0. The van der Waals surface area contributed by atoms with Crippen LogP contribution in [0.1, 0.15) is 17.0 Å². The summed E-state index contributed by atoms with van der Waals surface area (Å²) in [6.45, 7) is 0. The maximum Gasteiger partial charge on any atom is 0.344 e. The molecule has 2 heterocycles. The molecule has 0 saturated heterocycles. The lowest BCUT2D eigenvalue weighted by atomic mass is 9.83. The molecule has 32 heavy (non-hydrogen) atoms. The minimum atomic E-state index is -0.691. The molecule has 1 aliphatic rings. The summed E-state index contributed by atoms with van der Waals surface area (Å²) in [5, 5.41) is 10.4. The highest BCUT2D eigenvalue weighted by atomic mass is 16.5. The first-order valence-corrected chi connectivity index (χ1v) is 9.98. The summed E-state index contributed by atoms with van der Waals surface area (Å²) < 4.78 is 16.6. The summed E-state index contributed by atoms with van der Waals surface area (Å²) in [4.78, 5) is 13.0. The van der Waals surface area contributed by atoms with E-state index in [0.717, 1.165) is 22.4 Å². The third-order valence-electron chi connectivity index (χ3n) is 5.62. The summed E-state index contributed by atoms with van der Waals surface area (Å²) in [7, 11) is 1.63.